The molecule has 2 N–H and O–H groups in total. The summed E-state index contributed by atoms with van der Waals surface area (Å²) in [4.78, 5) is 25.9. The molecule has 9 heteroatoms. The van der Waals surface area contributed by atoms with Crippen LogP contribution in [0.2, 0.25) is 5.02 Å². The van der Waals surface area contributed by atoms with Gasteiger partial charge in [0.15, 0.2) is 0 Å². The Labute approximate surface area is 178 Å². The van der Waals surface area contributed by atoms with Crippen molar-refractivity contribution in [2.75, 3.05) is 30.8 Å². The second kappa shape index (κ2) is 9.49. The fourth-order valence-electron chi connectivity index (χ4n) is 3.15. The highest BCUT2D eigenvalue weighted by Crippen LogP contribution is 2.36. The van der Waals surface area contributed by atoms with E-state index in [0.29, 0.717) is 5.69 Å². The van der Waals surface area contributed by atoms with Gasteiger partial charge in [-0.1, -0.05) is 29.3 Å². The van der Waals surface area contributed by atoms with Crippen molar-refractivity contribution in [2.24, 2.45) is 0 Å². The highest BCUT2D eigenvalue weighted by Gasteiger charge is 2.34. The van der Waals surface area contributed by atoms with E-state index in [1.165, 1.54) is 18.0 Å². The van der Waals surface area contributed by atoms with Crippen LogP contribution in [-0.4, -0.2) is 36.9 Å². The number of nitrogens with zero attached hydrogens (tertiary/aromatic N) is 1. The first-order chi connectivity index (χ1) is 13.9. The minimum Gasteiger partial charge on any atom is -0.324 e. The summed E-state index contributed by atoms with van der Waals surface area (Å²) in [5.74, 6) is -1.01. The molecule has 0 saturated carbocycles. The molecule has 0 aliphatic rings. The lowest BCUT2D eigenvalue weighted by atomic mass is 10.1. The number of halogens is 4. The summed E-state index contributed by atoms with van der Waals surface area (Å²) >= 11 is 5.63. The molecule has 0 aromatic heterocycles. The maximum absolute atomic E-state index is 13.1. The minimum atomic E-state index is -4.66. The van der Waals surface area contributed by atoms with Gasteiger partial charge in [0.2, 0.25) is 11.8 Å². The van der Waals surface area contributed by atoms with Crippen LogP contribution in [0.5, 0.6) is 0 Å². The smallest absolute Gasteiger partial charge is 0.324 e. The molecule has 2 rings (SSSR count). The Morgan fingerprint density at radius 2 is 1.50 bits per heavy atom. The molecule has 2 amide bonds. The number of likely N-dealkylation sites (N-methyl/N-ethyl adjacent to an activating group) is 1. The van der Waals surface area contributed by atoms with Gasteiger partial charge in [-0.25, -0.2) is 0 Å². The predicted octanol–water partition coefficient (Wildman–Crippen LogP) is 4.79. The summed E-state index contributed by atoms with van der Waals surface area (Å²) < 4.78 is 39.4. The van der Waals surface area contributed by atoms with Crippen LogP contribution in [0.4, 0.5) is 24.5 Å². The van der Waals surface area contributed by atoms with Crippen molar-refractivity contribution in [3.63, 3.8) is 0 Å². The van der Waals surface area contributed by atoms with E-state index in [1.54, 1.807) is 0 Å². The molecule has 0 atom stereocenters. The van der Waals surface area contributed by atoms with E-state index in [0.717, 1.165) is 28.8 Å². The van der Waals surface area contributed by atoms with E-state index in [4.69, 9.17) is 11.6 Å². The Kier molecular flexibility index (Phi) is 7.49. The number of amides is 2. The average Bonchev–Trinajstić information content (AvgIpc) is 2.58. The van der Waals surface area contributed by atoms with Crippen molar-refractivity contribution < 1.29 is 22.8 Å². The maximum atomic E-state index is 13.1. The van der Waals surface area contributed by atoms with Crippen LogP contribution < -0.4 is 10.6 Å². The van der Waals surface area contributed by atoms with Gasteiger partial charge in [-0.15, -0.1) is 0 Å². The van der Waals surface area contributed by atoms with Crippen molar-refractivity contribution in [1.29, 1.82) is 0 Å². The number of nitrogens with one attached hydrogen (secondary N) is 2. The van der Waals surface area contributed by atoms with Gasteiger partial charge in [-0.3, -0.25) is 14.5 Å². The Morgan fingerprint density at radius 1 is 0.967 bits per heavy atom. The van der Waals surface area contributed by atoms with E-state index in [1.807, 2.05) is 32.9 Å². The number of aryl methyl sites for hydroxylation is 3. The van der Waals surface area contributed by atoms with Crippen LogP contribution in [-0.2, 0) is 15.8 Å². The SMILES string of the molecule is Cc1cc(C)c(NC(=O)CN(C)CC(=O)Nc2ccc(Cl)cc2C(F)(F)F)c(C)c1. The van der Waals surface area contributed by atoms with Crippen molar-refractivity contribution in [3.05, 3.63) is 57.6 Å². The van der Waals surface area contributed by atoms with Crippen molar-refractivity contribution in [2.45, 2.75) is 26.9 Å². The van der Waals surface area contributed by atoms with E-state index in [9.17, 15) is 22.8 Å². The van der Waals surface area contributed by atoms with Gasteiger partial charge >= 0.3 is 6.18 Å². The third-order valence-electron chi connectivity index (χ3n) is 4.33. The molecule has 30 heavy (non-hydrogen) atoms. The summed E-state index contributed by atoms with van der Waals surface area (Å²) in [6.45, 7) is 5.36. The Bertz CT molecular complexity index is 938. The Balaban J connectivity index is 1.98. The third kappa shape index (κ3) is 6.47. The Hall–Kier alpha value is -2.58. The second-order valence-electron chi connectivity index (χ2n) is 7.23. The van der Waals surface area contributed by atoms with E-state index < -0.39 is 17.6 Å². The van der Waals surface area contributed by atoms with Crippen LogP contribution in [0.25, 0.3) is 0 Å². The lowest BCUT2D eigenvalue weighted by molar-refractivity contribution is -0.137. The van der Waals surface area contributed by atoms with Crippen LogP contribution >= 0.6 is 11.6 Å². The molecule has 5 nitrogen and oxygen atoms in total. The summed E-state index contributed by atoms with van der Waals surface area (Å²) in [5, 5.41) is 4.96. The molecular weight excluding hydrogens is 419 g/mol. The van der Waals surface area contributed by atoms with E-state index >= 15 is 0 Å². The zero-order valence-electron chi connectivity index (χ0n) is 17.1. The molecule has 0 fully saturated rings. The number of carbonyl (C=O) groups excluding carboxylic acids is 2. The lowest BCUT2D eigenvalue weighted by Gasteiger charge is -2.19. The first kappa shape index (κ1) is 23.7. The molecule has 0 spiro atoms. The molecule has 0 aliphatic heterocycles. The van der Waals surface area contributed by atoms with Gasteiger partial charge in [0.25, 0.3) is 0 Å². The monoisotopic (exact) mass is 441 g/mol. The highest BCUT2D eigenvalue weighted by molar-refractivity contribution is 6.30. The van der Waals surface area contributed by atoms with Crippen molar-refractivity contribution >= 4 is 34.8 Å². The quantitative estimate of drug-likeness (QED) is 0.677. The van der Waals surface area contributed by atoms with Gasteiger partial charge in [-0.05, 0) is 57.1 Å². The number of hydrogen-bond donors (Lipinski definition) is 2. The number of benzene rings is 2. The third-order valence-corrected chi connectivity index (χ3v) is 4.56. The maximum Gasteiger partial charge on any atom is 0.418 e. The first-order valence-corrected chi connectivity index (χ1v) is 9.47. The Morgan fingerprint density at radius 3 is 2.03 bits per heavy atom. The van der Waals surface area contributed by atoms with Crippen LogP contribution in [0, 0.1) is 20.8 Å². The molecule has 0 aliphatic carbocycles. The molecule has 2 aromatic carbocycles. The van der Waals surface area contributed by atoms with Crippen LogP contribution in [0.3, 0.4) is 0 Å². The molecule has 2 aromatic rings. The average molecular weight is 442 g/mol. The zero-order chi connectivity index (χ0) is 22.6. The zero-order valence-corrected chi connectivity index (χ0v) is 17.8. The van der Waals surface area contributed by atoms with E-state index in [2.05, 4.69) is 10.6 Å². The number of alkyl halides is 3. The molecule has 162 valence electrons. The molecule has 0 unspecified atom stereocenters. The summed E-state index contributed by atoms with van der Waals surface area (Å²) in [7, 11) is 1.53. The fraction of sp³-hybridized carbons (Fsp3) is 0.333. The number of carbonyl (C=O) groups is 2. The largest absolute Gasteiger partial charge is 0.418 e. The fourth-order valence-corrected chi connectivity index (χ4v) is 3.32. The molecular formula is C21H23ClF3N3O2. The second-order valence-corrected chi connectivity index (χ2v) is 7.67. The molecule has 0 radical (unpaired) electrons. The summed E-state index contributed by atoms with van der Waals surface area (Å²) in [5.41, 5.74) is 2.21. The number of anilines is 2. The van der Waals surface area contributed by atoms with Crippen molar-refractivity contribution in [3.8, 4) is 0 Å². The standard InChI is InChI=1S/C21H23ClF3N3O2/c1-12-7-13(2)20(14(3)8-12)27-19(30)11-28(4)10-18(29)26-17-6-5-15(22)9-16(17)21(23,24)25/h5-9H,10-11H2,1-4H3,(H,26,29)(H,27,30). The van der Waals surface area contributed by atoms with Gasteiger partial charge in [0.05, 0.1) is 24.3 Å². The molecule has 0 saturated heterocycles. The van der Waals surface area contributed by atoms with Gasteiger partial charge in [0.1, 0.15) is 0 Å². The number of rotatable bonds is 6. The first-order valence-electron chi connectivity index (χ1n) is 9.09. The summed E-state index contributed by atoms with van der Waals surface area (Å²) in [6, 6.07) is 7.00. The number of hydrogen-bond acceptors (Lipinski definition) is 3. The molecule has 0 bridgehead atoms. The van der Waals surface area contributed by atoms with Crippen LogP contribution in [0.15, 0.2) is 30.3 Å². The lowest BCUT2D eigenvalue weighted by Crippen LogP contribution is -2.36. The molecule has 0 heterocycles. The predicted molar refractivity (Wildman–Crippen MR) is 112 cm³/mol. The topological polar surface area (TPSA) is 61.4 Å². The van der Waals surface area contributed by atoms with Crippen molar-refractivity contribution in [1.82, 2.24) is 4.90 Å². The highest BCUT2D eigenvalue weighted by atomic mass is 35.5. The minimum absolute atomic E-state index is 0.0872. The van der Waals surface area contributed by atoms with Gasteiger partial charge in [-0.2, -0.15) is 13.2 Å². The van der Waals surface area contributed by atoms with Gasteiger partial charge < -0.3 is 10.6 Å². The van der Waals surface area contributed by atoms with E-state index in [-0.39, 0.29) is 29.7 Å². The van der Waals surface area contributed by atoms with Crippen LogP contribution in [0.1, 0.15) is 22.3 Å². The summed E-state index contributed by atoms with van der Waals surface area (Å²) in [6.07, 6.45) is -4.66. The normalized spacial score (nSPS) is 11.5. The van der Waals surface area contributed by atoms with Gasteiger partial charge in [0, 0.05) is 10.7 Å².